The average molecular weight is 264 g/mol. The van der Waals surface area contributed by atoms with Gasteiger partial charge < -0.3 is 5.11 Å². The van der Waals surface area contributed by atoms with Crippen LogP contribution in [-0.4, -0.2) is 30.5 Å². The van der Waals surface area contributed by atoms with Gasteiger partial charge in [0.05, 0.1) is 6.10 Å². The van der Waals surface area contributed by atoms with E-state index in [-0.39, 0.29) is 5.75 Å². The number of halogens is 1. The molecule has 1 unspecified atom stereocenters. The van der Waals surface area contributed by atoms with Crippen molar-refractivity contribution in [1.82, 2.24) is 4.98 Å². The smallest absolute Gasteiger partial charge is 0.147 e. The standard InChI is InChI=1S/C10H14ClNO3S/c1-16(14,15)6-2-3-9(13)8-4-5-10(11)12-7-8/h4-5,7,9,13H,2-3,6H2,1H3. The van der Waals surface area contributed by atoms with Crippen LogP contribution in [0.2, 0.25) is 5.15 Å². The summed E-state index contributed by atoms with van der Waals surface area (Å²) >= 11 is 5.61. The largest absolute Gasteiger partial charge is 0.388 e. The minimum absolute atomic E-state index is 0.0884. The van der Waals surface area contributed by atoms with Crippen molar-refractivity contribution < 1.29 is 13.5 Å². The van der Waals surface area contributed by atoms with Crippen LogP contribution >= 0.6 is 11.6 Å². The van der Waals surface area contributed by atoms with Gasteiger partial charge >= 0.3 is 0 Å². The van der Waals surface area contributed by atoms with Crippen molar-refractivity contribution in [3.8, 4) is 0 Å². The molecule has 4 nitrogen and oxygen atoms in total. The van der Waals surface area contributed by atoms with Crippen molar-refractivity contribution in [3.05, 3.63) is 29.0 Å². The molecule has 0 aliphatic rings. The van der Waals surface area contributed by atoms with Crippen LogP contribution < -0.4 is 0 Å². The van der Waals surface area contributed by atoms with Crippen molar-refractivity contribution in [1.29, 1.82) is 0 Å². The first-order valence-corrected chi connectivity index (χ1v) is 7.29. The monoisotopic (exact) mass is 263 g/mol. The van der Waals surface area contributed by atoms with E-state index in [9.17, 15) is 13.5 Å². The van der Waals surface area contributed by atoms with E-state index in [0.717, 1.165) is 0 Å². The fraction of sp³-hybridized carbons (Fsp3) is 0.500. The number of nitrogens with zero attached hydrogens (tertiary/aromatic N) is 1. The second-order valence-corrected chi connectivity index (χ2v) is 6.35. The van der Waals surface area contributed by atoms with Gasteiger partial charge in [-0.25, -0.2) is 13.4 Å². The lowest BCUT2D eigenvalue weighted by atomic mass is 10.1. The van der Waals surface area contributed by atoms with Gasteiger partial charge in [0.15, 0.2) is 0 Å². The van der Waals surface area contributed by atoms with E-state index in [1.54, 1.807) is 12.1 Å². The van der Waals surface area contributed by atoms with Crippen LogP contribution in [0.1, 0.15) is 24.5 Å². The summed E-state index contributed by atoms with van der Waals surface area (Å²) < 4.78 is 21.8. The summed E-state index contributed by atoms with van der Waals surface area (Å²) in [6.07, 6.45) is 2.82. The maximum atomic E-state index is 10.9. The Morgan fingerprint density at radius 2 is 2.19 bits per heavy atom. The fourth-order valence-corrected chi connectivity index (χ4v) is 2.09. The van der Waals surface area contributed by atoms with Gasteiger partial charge in [-0.2, -0.15) is 0 Å². The molecule has 1 aromatic heterocycles. The number of hydrogen-bond donors (Lipinski definition) is 1. The number of sulfone groups is 1. The van der Waals surface area contributed by atoms with Gasteiger partial charge in [0.2, 0.25) is 0 Å². The van der Waals surface area contributed by atoms with Crippen molar-refractivity contribution in [2.24, 2.45) is 0 Å². The normalized spacial score (nSPS) is 13.7. The Morgan fingerprint density at radius 1 is 1.50 bits per heavy atom. The quantitative estimate of drug-likeness (QED) is 0.820. The third kappa shape index (κ3) is 4.92. The summed E-state index contributed by atoms with van der Waals surface area (Å²) in [7, 11) is -2.96. The van der Waals surface area contributed by atoms with E-state index in [1.807, 2.05) is 0 Å². The van der Waals surface area contributed by atoms with E-state index in [4.69, 9.17) is 11.6 Å². The van der Waals surface area contributed by atoms with E-state index >= 15 is 0 Å². The fourth-order valence-electron chi connectivity index (χ4n) is 1.29. The lowest BCUT2D eigenvalue weighted by molar-refractivity contribution is 0.166. The van der Waals surface area contributed by atoms with Gasteiger partial charge in [-0.15, -0.1) is 0 Å². The molecule has 6 heteroatoms. The molecule has 0 aliphatic carbocycles. The molecule has 0 fully saturated rings. The molecular weight excluding hydrogens is 250 g/mol. The van der Waals surface area contributed by atoms with Gasteiger partial charge in [-0.1, -0.05) is 17.7 Å². The van der Waals surface area contributed by atoms with E-state index in [2.05, 4.69) is 4.98 Å². The van der Waals surface area contributed by atoms with Gasteiger partial charge in [0.1, 0.15) is 15.0 Å². The highest BCUT2D eigenvalue weighted by molar-refractivity contribution is 7.90. The zero-order chi connectivity index (χ0) is 12.2. The van der Waals surface area contributed by atoms with Crippen molar-refractivity contribution >= 4 is 21.4 Å². The van der Waals surface area contributed by atoms with Crippen LogP contribution in [-0.2, 0) is 9.84 Å². The van der Waals surface area contributed by atoms with Crippen molar-refractivity contribution in [2.75, 3.05) is 12.0 Å². The Bertz CT molecular complexity index is 430. The Kier molecular flexibility index (Phi) is 4.70. The maximum Gasteiger partial charge on any atom is 0.147 e. The molecule has 0 saturated heterocycles. The van der Waals surface area contributed by atoms with Crippen molar-refractivity contribution in [2.45, 2.75) is 18.9 Å². The number of aromatic nitrogens is 1. The summed E-state index contributed by atoms with van der Waals surface area (Å²) in [6.45, 7) is 0. The first-order chi connectivity index (χ1) is 7.38. The summed E-state index contributed by atoms with van der Waals surface area (Å²) in [5, 5.41) is 10.1. The Labute approximate surface area is 100 Å². The maximum absolute atomic E-state index is 10.9. The molecule has 1 rings (SSSR count). The lowest BCUT2D eigenvalue weighted by Crippen LogP contribution is -2.06. The van der Waals surface area contributed by atoms with E-state index < -0.39 is 15.9 Å². The number of aliphatic hydroxyl groups excluding tert-OH is 1. The number of pyridine rings is 1. The predicted molar refractivity (Wildman–Crippen MR) is 63.2 cm³/mol. The third-order valence-corrected chi connectivity index (χ3v) is 3.38. The molecule has 1 aromatic rings. The topological polar surface area (TPSA) is 67.3 Å². The lowest BCUT2D eigenvalue weighted by Gasteiger charge is -2.09. The summed E-state index contributed by atoms with van der Waals surface area (Å²) in [5.74, 6) is 0.0884. The number of aliphatic hydroxyl groups is 1. The van der Waals surface area contributed by atoms with Gasteiger partial charge in [-0.3, -0.25) is 0 Å². The molecular formula is C10H14ClNO3S. The highest BCUT2D eigenvalue weighted by Gasteiger charge is 2.09. The Balaban J connectivity index is 2.47. The molecule has 0 aliphatic heterocycles. The average Bonchev–Trinajstić information content (AvgIpc) is 2.16. The molecule has 1 heterocycles. The van der Waals surface area contributed by atoms with Crippen LogP contribution in [0.3, 0.4) is 0 Å². The molecule has 16 heavy (non-hydrogen) atoms. The van der Waals surface area contributed by atoms with Gasteiger partial charge in [0.25, 0.3) is 0 Å². The highest BCUT2D eigenvalue weighted by atomic mass is 35.5. The molecule has 0 radical (unpaired) electrons. The molecule has 0 bridgehead atoms. The van der Waals surface area contributed by atoms with Crippen LogP contribution in [0.4, 0.5) is 0 Å². The summed E-state index contributed by atoms with van der Waals surface area (Å²) in [4.78, 5) is 3.84. The Hall–Kier alpha value is -0.650. The highest BCUT2D eigenvalue weighted by Crippen LogP contribution is 2.18. The second-order valence-electron chi connectivity index (χ2n) is 3.70. The van der Waals surface area contributed by atoms with Gasteiger partial charge in [-0.05, 0) is 24.5 Å². The first kappa shape index (κ1) is 13.4. The summed E-state index contributed by atoms with van der Waals surface area (Å²) in [5.41, 5.74) is 0.651. The van der Waals surface area contributed by atoms with Crippen LogP contribution in [0.5, 0.6) is 0 Å². The summed E-state index contributed by atoms with van der Waals surface area (Å²) in [6, 6.07) is 3.27. The first-order valence-electron chi connectivity index (χ1n) is 4.86. The van der Waals surface area contributed by atoms with Gasteiger partial charge in [0, 0.05) is 18.2 Å². The SMILES string of the molecule is CS(=O)(=O)CCCC(O)c1ccc(Cl)nc1. The van der Waals surface area contributed by atoms with Crippen LogP contribution in [0, 0.1) is 0 Å². The molecule has 0 saturated carbocycles. The zero-order valence-corrected chi connectivity index (χ0v) is 10.5. The molecule has 0 amide bonds. The zero-order valence-electron chi connectivity index (χ0n) is 8.93. The number of hydrogen-bond acceptors (Lipinski definition) is 4. The molecule has 0 aromatic carbocycles. The molecule has 90 valence electrons. The van der Waals surface area contributed by atoms with Crippen molar-refractivity contribution in [3.63, 3.8) is 0 Å². The molecule has 1 N–H and O–H groups in total. The van der Waals surface area contributed by atoms with E-state index in [1.165, 1.54) is 12.5 Å². The predicted octanol–water partition coefficient (Wildman–Crippen LogP) is 1.59. The van der Waals surface area contributed by atoms with Crippen LogP contribution in [0.25, 0.3) is 0 Å². The molecule has 0 spiro atoms. The minimum atomic E-state index is -2.96. The van der Waals surface area contributed by atoms with E-state index in [0.29, 0.717) is 23.6 Å². The second kappa shape index (κ2) is 5.61. The molecule has 1 atom stereocenters. The number of rotatable bonds is 5. The Morgan fingerprint density at radius 3 is 2.69 bits per heavy atom. The minimum Gasteiger partial charge on any atom is -0.388 e. The third-order valence-electron chi connectivity index (χ3n) is 2.13. The van der Waals surface area contributed by atoms with Crippen LogP contribution in [0.15, 0.2) is 18.3 Å².